The average Bonchev–Trinajstić information content (AvgIpc) is 2.83. The molecule has 2 fully saturated rings. The molecule has 0 bridgehead atoms. The van der Waals surface area contributed by atoms with Gasteiger partial charge in [0.25, 0.3) is 0 Å². The van der Waals surface area contributed by atoms with E-state index in [1.165, 1.54) is 21.3 Å². The summed E-state index contributed by atoms with van der Waals surface area (Å²) in [6, 6.07) is 3.51. The third-order valence-electron chi connectivity index (χ3n) is 8.00. The fraction of sp³-hybridized carbons (Fsp3) is 0.615. The minimum atomic E-state index is -4.61. The largest absolute Gasteiger partial charge is 0.418 e. The number of likely N-dealkylation sites (tertiary alicyclic amines) is 1. The highest BCUT2D eigenvalue weighted by molar-refractivity contribution is 7.88. The first-order chi connectivity index (χ1) is 18.4. The Balaban J connectivity index is 1.56. The number of rotatable bonds is 6. The zero-order valence-electron chi connectivity index (χ0n) is 23.6. The Hall–Kier alpha value is -2.71. The van der Waals surface area contributed by atoms with Crippen LogP contribution in [0.4, 0.5) is 40.7 Å². The number of piperazine rings is 1. The van der Waals surface area contributed by atoms with Gasteiger partial charge in [0, 0.05) is 49.0 Å². The van der Waals surface area contributed by atoms with Gasteiger partial charge in [-0.15, -0.1) is 0 Å². The van der Waals surface area contributed by atoms with Crippen LogP contribution in [0.1, 0.15) is 46.1 Å². The Morgan fingerprint density at radius 1 is 1.02 bits per heavy atom. The number of hydrogen-bond acceptors (Lipinski definition) is 8. The van der Waals surface area contributed by atoms with E-state index < -0.39 is 27.6 Å². The van der Waals surface area contributed by atoms with Crippen molar-refractivity contribution in [2.75, 3.05) is 55.0 Å². The number of anilines is 4. The molecule has 1 aromatic heterocycles. The monoisotopic (exact) mass is 587 g/mol. The Morgan fingerprint density at radius 3 is 2.17 bits per heavy atom. The number of alkyl halides is 3. The second-order valence-corrected chi connectivity index (χ2v) is 13.8. The summed E-state index contributed by atoms with van der Waals surface area (Å²) < 4.78 is 81.2. The first-order valence-corrected chi connectivity index (χ1v) is 14.9. The van der Waals surface area contributed by atoms with Crippen molar-refractivity contribution in [3.8, 4) is 0 Å². The number of hydrogen-bond donors (Lipinski definition) is 2. The Bertz CT molecular complexity index is 1330. The van der Waals surface area contributed by atoms with Crippen molar-refractivity contribution >= 4 is 33.2 Å². The number of nitrogens with zero attached hydrogens (tertiary/aromatic N) is 5. The Morgan fingerprint density at radius 2 is 1.62 bits per heavy atom. The summed E-state index contributed by atoms with van der Waals surface area (Å²) in [5.74, 6) is -0.581. The molecule has 0 amide bonds. The Labute approximate surface area is 233 Å². The normalized spacial score (nSPS) is 20.9. The smallest absolute Gasteiger partial charge is 0.368 e. The van der Waals surface area contributed by atoms with Gasteiger partial charge in [0.15, 0.2) is 11.6 Å². The lowest BCUT2D eigenvalue weighted by atomic mass is 9.77. The van der Waals surface area contributed by atoms with Crippen molar-refractivity contribution in [3.05, 3.63) is 35.8 Å². The molecule has 2 saturated heterocycles. The van der Waals surface area contributed by atoms with E-state index in [4.69, 9.17) is 0 Å². The molecule has 2 aliphatic heterocycles. The van der Waals surface area contributed by atoms with Crippen LogP contribution in [0.25, 0.3) is 0 Å². The van der Waals surface area contributed by atoms with E-state index in [0.717, 1.165) is 31.4 Å². The fourth-order valence-corrected chi connectivity index (χ4v) is 6.52. The van der Waals surface area contributed by atoms with Gasteiger partial charge in [-0.2, -0.15) is 22.5 Å². The van der Waals surface area contributed by atoms with Gasteiger partial charge >= 0.3 is 6.18 Å². The zero-order valence-corrected chi connectivity index (χ0v) is 24.4. The maximum absolute atomic E-state index is 14.7. The predicted molar refractivity (Wildman–Crippen MR) is 148 cm³/mol. The minimum Gasteiger partial charge on any atom is -0.368 e. The van der Waals surface area contributed by atoms with E-state index in [0.29, 0.717) is 0 Å². The first kappa shape index (κ1) is 30.3. The highest BCUT2D eigenvalue weighted by Gasteiger charge is 2.43. The lowest BCUT2D eigenvalue weighted by Crippen LogP contribution is -2.61. The van der Waals surface area contributed by atoms with E-state index in [9.17, 15) is 26.0 Å². The van der Waals surface area contributed by atoms with Crippen LogP contribution in [-0.2, 0) is 16.2 Å². The average molecular weight is 588 g/mol. The molecule has 0 spiro atoms. The van der Waals surface area contributed by atoms with Gasteiger partial charge in [0.1, 0.15) is 0 Å². The summed E-state index contributed by atoms with van der Waals surface area (Å²) in [4.78, 5) is 12.1. The van der Waals surface area contributed by atoms with Gasteiger partial charge in [-0.1, -0.05) is 0 Å². The van der Waals surface area contributed by atoms with Crippen molar-refractivity contribution in [2.24, 2.45) is 0 Å². The quantitative estimate of drug-likeness (QED) is 0.477. The molecule has 3 heterocycles. The van der Waals surface area contributed by atoms with Crippen molar-refractivity contribution in [1.82, 2.24) is 19.2 Å². The zero-order chi connectivity index (χ0) is 29.7. The molecule has 0 saturated carbocycles. The predicted octanol–water partition coefficient (Wildman–Crippen LogP) is 4.52. The summed E-state index contributed by atoms with van der Waals surface area (Å²) in [5.41, 5.74) is -0.892. The molecular formula is C26H37F4N7O2S. The van der Waals surface area contributed by atoms with E-state index in [2.05, 4.69) is 60.2 Å². The van der Waals surface area contributed by atoms with Gasteiger partial charge in [-0.25, -0.2) is 17.8 Å². The van der Waals surface area contributed by atoms with Crippen molar-refractivity contribution < 1.29 is 26.0 Å². The van der Waals surface area contributed by atoms with Crippen molar-refractivity contribution in [3.63, 3.8) is 0 Å². The molecular weight excluding hydrogens is 550 g/mol. The van der Waals surface area contributed by atoms with Gasteiger partial charge in [0.05, 0.1) is 23.7 Å². The van der Waals surface area contributed by atoms with E-state index >= 15 is 0 Å². The molecule has 0 radical (unpaired) electrons. The maximum Gasteiger partial charge on any atom is 0.418 e. The van der Waals surface area contributed by atoms with Crippen LogP contribution in [0.15, 0.2) is 24.4 Å². The van der Waals surface area contributed by atoms with Crippen molar-refractivity contribution in [1.29, 1.82) is 0 Å². The van der Waals surface area contributed by atoms with Crippen molar-refractivity contribution in [2.45, 2.75) is 63.8 Å². The van der Waals surface area contributed by atoms with Crippen LogP contribution < -0.4 is 15.5 Å². The number of halogens is 4. The second kappa shape index (κ2) is 10.6. The molecule has 40 heavy (non-hydrogen) atoms. The number of benzene rings is 1. The SMILES string of the molecule is CN1C(C)(C)CC(Nc2nc(Nc3ccc(C(F)(F)F)c(N4CCN(S(C)(=O)=O)CC4)c3)ncc2F)CC1(C)C. The van der Waals surface area contributed by atoms with Gasteiger partial charge < -0.3 is 15.5 Å². The first-order valence-electron chi connectivity index (χ1n) is 13.1. The molecule has 0 unspecified atom stereocenters. The summed E-state index contributed by atoms with van der Waals surface area (Å²) in [6.45, 7) is 8.89. The minimum absolute atomic E-state index is 0.0164. The summed E-state index contributed by atoms with van der Waals surface area (Å²) in [5, 5.41) is 6.11. The molecule has 2 aromatic rings. The lowest BCUT2D eigenvalue weighted by molar-refractivity contribution is -0.137. The number of piperidine rings is 1. The van der Waals surface area contributed by atoms with Crippen LogP contribution in [0.3, 0.4) is 0 Å². The molecule has 14 heteroatoms. The summed E-state index contributed by atoms with van der Waals surface area (Å²) in [6.07, 6.45) is -0.990. The molecule has 1 aromatic carbocycles. The molecule has 2 N–H and O–H groups in total. The number of nitrogens with one attached hydrogen (secondary N) is 2. The third-order valence-corrected chi connectivity index (χ3v) is 9.30. The third kappa shape index (κ3) is 6.60. The topological polar surface area (TPSA) is 93.7 Å². The number of sulfonamides is 1. The van der Waals surface area contributed by atoms with Crippen LogP contribution >= 0.6 is 0 Å². The van der Waals surface area contributed by atoms with Gasteiger partial charge in [0.2, 0.25) is 16.0 Å². The molecule has 2 aliphatic rings. The highest BCUT2D eigenvalue weighted by Crippen LogP contribution is 2.40. The molecule has 4 rings (SSSR count). The molecule has 9 nitrogen and oxygen atoms in total. The second-order valence-electron chi connectivity index (χ2n) is 11.8. The van der Waals surface area contributed by atoms with Crippen LogP contribution in [-0.4, -0.2) is 84.2 Å². The van der Waals surface area contributed by atoms with Crippen LogP contribution in [0, 0.1) is 5.82 Å². The molecule has 0 atom stereocenters. The van der Waals surface area contributed by atoms with E-state index in [-0.39, 0.29) is 66.4 Å². The van der Waals surface area contributed by atoms with E-state index in [1.54, 1.807) is 0 Å². The van der Waals surface area contributed by atoms with Crippen LogP contribution in [0.5, 0.6) is 0 Å². The van der Waals surface area contributed by atoms with Crippen LogP contribution in [0.2, 0.25) is 0 Å². The van der Waals surface area contributed by atoms with Gasteiger partial charge in [-0.3, -0.25) is 4.90 Å². The van der Waals surface area contributed by atoms with Gasteiger partial charge in [-0.05, 0) is 65.8 Å². The summed E-state index contributed by atoms with van der Waals surface area (Å²) in [7, 11) is -1.36. The number of aromatic nitrogens is 2. The highest BCUT2D eigenvalue weighted by atomic mass is 32.2. The standard InChI is InChI=1S/C26H37F4N7O2S/c1-24(2)14-18(15-25(3,4)35(24)5)32-22-20(27)16-31-23(34-22)33-17-7-8-19(26(28,29)30)21(13-17)36-9-11-37(12-10-36)40(6,38)39/h7-8,13,16,18H,9-12,14-15H2,1-6H3,(H2,31,32,33,34). The fourth-order valence-electron chi connectivity index (χ4n) is 5.70. The summed E-state index contributed by atoms with van der Waals surface area (Å²) >= 11 is 0. The lowest BCUT2D eigenvalue weighted by Gasteiger charge is -2.53. The maximum atomic E-state index is 14.7. The molecule has 0 aliphatic carbocycles. The van der Waals surface area contributed by atoms with E-state index in [1.807, 2.05) is 0 Å². The Kier molecular flexibility index (Phi) is 8.02. The molecule has 222 valence electrons.